The normalized spacial score (nSPS) is 12.8. The van der Waals surface area contributed by atoms with Crippen molar-refractivity contribution in [3.05, 3.63) is 63.3 Å². The SMILES string of the molecule is CCOC(=O)N/N=C/c1cn(-c2ccc3c(c2)CCC3)nc1-c1ccc([N+](=O)[O-])o1. The summed E-state index contributed by atoms with van der Waals surface area (Å²) in [7, 11) is 0. The van der Waals surface area contributed by atoms with Crippen LogP contribution in [0.1, 0.15) is 30.0 Å². The van der Waals surface area contributed by atoms with Crippen molar-refractivity contribution in [3.63, 3.8) is 0 Å². The zero-order valence-corrected chi connectivity index (χ0v) is 16.2. The van der Waals surface area contributed by atoms with Crippen molar-refractivity contribution in [1.29, 1.82) is 0 Å². The number of rotatable bonds is 6. The topological polar surface area (TPSA) is 125 Å². The molecular weight excluding hydrogens is 390 g/mol. The van der Waals surface area contributed by atoms with Gasteiger partial charge in [0.05, 0.1) is 24.6 Å². The van der Waals surface area contributed by atoms with Gasteiger partial charge in [0.1, 0.15) is 10.6 Å². The lowest BCUT2D eigenvalue weighted by Gasteiger charge is -2.04. The summed E-state index contributed by atoms with van der Waals surface area (Å²) in [5, 5.41) is 19.4. The fourth-order valence-corrected chi connectivity index (χ4v) is 3.38. The summed E-state index contributed by atoms with van der Waals surface area (Å²) in [4.78, 5) is 21.8. The number of carbonyl (C=O) groups is 1. The average Bonchev–Trinajstić information content (AvgIpc) is 3.46. The molecule has 0 radical (unpaired) electrons. The second-order valence-corrected chi connectivity index (χ2v) is 6.67. The van der Waals surface area contributed by atoms with Gasteiger partial charge in [-0.25, -0.2) is 14.9 Å². The zero-order chi connectivity index (χ0) is 21.1. The van der Waals surface area contributed by atoms with Gasteiger partial charge in [-0.2, -0.15) is 10.2 Å². The Hall–Kier alpha value is -3.95. The quantitative estimate of drug-likeness (QED) is 0.377. The molecular formula is C20H19N5O5. The number of hydrogen-bond acceptors (Lipinski definition) is 7. The molecule has 0 fully saturated rings. The fraction of sp³-hybridized carbons (Fsp3) is 0.250. The molecule has 0 spiro atoms. The number of hydrogen-bond donors (Lipinski definition) is 1. The van der Waals surface area contributed by atoms with E-state index in [9.17, 15) is 14.9 Å². The van der Waals surface area contributed by atoms with Gasteiger partial charge in [-0.1, -0.05) is 6.07 Å². The fourth-order valence-electron chi connectivity index (χ4n) is 3.38. The number of amides is 1. The standard InChI is InChI=1S/C20H19N5O5/c1-2-29-20(26)22-21-11-15-12-24(16-7-6-13-4-3-5-14(13)10-16)23-19(15)17-8-9-18(30-17)25(27)28/h6-12H,2-5H2,1H3,(H,22,26)/b21-11+. The Balaban J connectivity index is 1.70. The molecule has 0 aliphatic heterocycles. The van der Waals surface area contributed by atoms with Gasteiger partial charge in [0.15, 0.2) is 5.76 Å². The third-order valence-corrected chi connectivity index (χ3v) is 4.73. The van der Waals surface area contributed by atoms with E-state index in [-0.39, 0.29) is 18.3 Å². The van der Waals surface area contributed by atoms with Crippen LogP contribution in [0.2, 0.25) is 0 Å². The number of hydrazone groups is 1. The Morgan fingerprint density at radius 1 is 1.37 bits per heavy atom. The van der Waals surface area contributed by atoms with Crippen molar-refractivity contribution in [1.82, 2.24) is 15.2 Å². The molecule has 0 unspecified atom stereocenters. The minimum Gasteiger partial charge on any atom is -0.449 e. The molecule has 1 aliphatic rings. The van der Waals surface area contributed by atoms with E-state index in [0.29, 0.717) is 11.3 Å². The summed E-state index contributed by atoms with van der Waals surface area (Å²) in [5.74, 6) is -0.163. The Morgan fingerprint density at radius 3 is 2.97 bits per heavy atom. The van der Waals surface area contributed by atoms with E-state index in [2.05, 4.69) is 27.8 Å². The van der Waals surface area contributed by atoms with Gasteiger partial charge < -0.3 is 9.15 Å². The number of aromatic nitrogens is 2. The smallest absolute Gasteiger partial charge is 0.433 e. The molecule has 2 aromatic heterocycles. The molecule has 154 valence electrons. The maximum absolute atomic E-state index is 11.4. The number of nitrogens with zero attached hydrogens (tertiary/aromatic N) is 4. The van der Waals surface area contributed by atoms with Crippen molar-refractivity contribution < 1.29 is 18.9 Å². The van der Waals surface area contributed by atoms with Gasteiger partial charge in [0.25, 0.3) is 0 Å². The van der Waals surface area contributed by atoms with Gasteiger partial charge in [0, 0.05) is 11.8 Å². The first kappa shape index (κ1) is 19.4. The first-order chi connectivity index (χ1) is 14.5. The molecule has 4 rings (SSSR count). The van der Waals surface area contributed by atoms with E-state index >= 15 is 0 Å². The number of ether oxygens (including phenoxy) is 1. The molecule has 0 saturated heterocycles. The van der Waals surface area contributed by atoms with Crippen LogP contribution in [-0.2, 0) is 17.6 Å². The van der Waals surface area contributed by atoms with E-state index in [4.69, 9.17) is 9.15 Å². The summed E-state index contributed by atoms with van der Waals surface area (Å²) in [6, 6.07) is 8.89. The number of furan rings is 1. The van der Waals surface area contributed by atoms with Crippen LogP contribution in [0.25, 0.3) is 17.1 Å². The molecule has 0 saturated carbocycles. The van der Waals surface area contributed by atoms with E-state index in [1.54, 1.807) is 17.8 Å². The lowest BCUT2D eigenvalue weighted by Crippen LogP contribution is -2.18. The van der Waals surface area contributed by atoms with Crippen LogP contribution in [0.15, 0.2) is 46.0 Å². The molecule has 1 N–H and O–H groups in total. The largest absolute Gasteiger partial charge is 0.449 e. The second-order valence-electron chi connectivity index (χ2n) is 6.67. The van der Waals surface area contributed by atoms with Crippen LogP contribution in [0, 0.1) is 10.1 Å². The van der Waals surface area contributed by atoms with Crippen molar-refractivity contribution in [2.24, 2.45) is 5.10 Å². The van der Waals surface area contributed by atoms with Gasteiger partial charge in [-0.05, 0) is 55.5 Å². The van der Waals surface area contributed by atoms with Gasteiger partial charge >= 0.3 is 12.0 Å². The van der Waals surface area contributed by atoms with Crippen LogP contribution in [0.5, 0.6) is 0 Å². The summed E-state index contributed by atoms with van der Waals surface area (Å²) < 4.78 is 11.7. The van der Waals surface area contributed by atoms with Crippen LogP contribution in [0.4, 0.5) is 10.7 Å². The van der Waals surface area contributed by atoms with Crippen molar-refractivity contribution in [2.45, 2.75) is 26.2 Å². The monoisotopic (exact) mass is 409 g/mol. The highest BCUT2D eigenvalue weighted by Crippen LogP contribution is 2.29. The first-order valence-electron chi connectivity index (χ1n) is 9.47. The summed E-state index contributed by atoms with van der Waals surface area (Å²) in [6.45, 7) is 1.91. The molecule has 2 heterocycles. The Kier molecular flexibility index (Phi) is 5.29. The Bertz CT molecular complexity index is 1130. The Morgan fingerprint density at radius 2 is 2.20 bits per heavy atom. The maximum atomic E-state index is 11.4. The zero-order valence-electron chi connectivity index (χ0n) is 16.2. The molecule has 1 aromatic carbocycles. The highest BCUT2D eigenvalue weighted by molar-refractivity contribution is 5.88. The first-order valence-corrected chi connectivity index (χ1v) is 9.47. The lowest BCUT2D eigenvalue weighted by atomic mass is 10.1. The molecule has 0 bridgehead atoms. The number of carbonyl (C=O) groups excluding carboxylic acids is 1. The van der Waals surface area contributed by atoms with E-state index in [0.717, 1.165) is 24.9 Å². The van der Waals surface area contributed by atoms with E-state index < -0.39 is 11.0 Å². The molecule has 30 heavy (non-hydrogen) atoms. The summed E-state index contributed by atoms with van der Waals surface area (Å²) in [5.41, 5.74) is 6.61. The molecule has 0 atom stereocenters. The number of benzene rings is 1. The molecule has 10 heteroatoms. The van der Waals surface area contributed by atoms with Crippen LogP contribution >= 0.6 is 0 Å². The highest BCUT2D eigenvalue weighted by Gasteiger charge is 2.19. The number of aryl methyl sites for hydroxylation is 2. The molecule has 1 amide bonds. The van der Waals surface area contributed by atoms with Crippen LogP contribution < -0.4 is 5.43 Å². The van der Waals surface area contributed by atoms with Gasteiger partial charge in [0.2, 0.25) is 0 Å². The van der Waals surface area contributed by atoms with Crippen molar-refractivity contribution >= 4 is 18.2 Å². The van der Waals surface area contributed by atoms with Crippen LogP contribution in [-0.4, -0.2) is 33.6 Å². The minimum atomic E-state index is -0.685. The van der Waals surface area contributed by atoms with Crippen molar-refractivity contribution in [2.75, 3.05) is 6.61 Å². The molecule has 1 aliphatic carbocycles. The predicted octanol–water partition coefficient (Wildman–Crippen LogP) is 3.61. The third-order valence-electron chi connectivity index (χ3n) is 4.73. The second kappa shape index (κ2) is 8.19. The third kappa shape index (κ3) is 3.93. The number of fused-ring (bicyclic) bond motifs is 1. The number of nitrogens with one attached hydrogen (secondary N) is 1. The summed E-state index contributed by atoms with van der Waals surface area (Å²) in [6.07, 6.45) is 5.66. The van der Waals surface area contributed by atoms with E-state index in [1.807, 2.05) is 6.07 Å². The van der Waals surface area contributed by atoms with Gasteiger partial charge in [-0.3, -0.25) is 10.1 Å². The van der Waals surface area contributed by atoms with E-state index in [1.165, 1.54) is 29.5 Å². The Labute approximate surface area is 171 Å². The van der Waals surface area contributed by atoms with Crippen LogP contribution in [0.3, 0.4) is 0 Å². The van der Waals surface area contributed by atoms with Gasteiger partial charge in [-0.15, -0.1) is 0 Å². The molecule has 10 nitrogen and oxygen atoms in total. The lowest BCUT2D eigenvalue weighted by molar-refractivity contribution is -0.401. The molecule has 3 aromatic rings. The van der Waals surface area contributed by atoms with Crippen molar-refractivity contribution in [3.8, 4) is 17.1 Å². The maximum Gasteiger partial charge on any atom is 0.433 e. The average molecular weight is 409 g/mol. The minimum absolute atomic E-state index is 0.221. The highest BCUT2D eigenvalue weighted by atomic mass is 16.6. The summed E-state index contributed by atoms with van der Waals surface area (Å²) >= 11 is 0. The number of nitro groups is 1. The predicted molar refractivity (Wildman–Crippen MR) is 108 cm³/mol.